The van der Waals surface area contributed by atoms with Crippen LogP contribution in [-0.4, -0.2) is 41.0 Å². The Bertz CT molecular complexity index is 522. The van der Waals surface area contributed by atoms with Crippen LogP contribution in [0.15, 0.2) is 30.6 Å². The van der Waals surface area contributed by atoms with Crippen LogP contribution in [0.1, 0.15) is 4.88 Å². The molecule has 1 fully saturated rings. The van der Waals surface area contributed by atoms with Crippen LogP contribution < -0.4 is 4.90 Å². The Labute approximate surface area is 121 Å². The molecule has 0 N–H and O–H groups in total. The molecule has 0 spiro atoms. The van der Waals surface area contributed by atoms with Gasteiger partial charge in [-0.05, 0) is 12.1 Å². The van der Waals surface area contributed by atoms with Gasteiger partial charge in [0.25, 0.3) is 0 Å². The molecule has 0 amide bonds. The normalized spacial score (nSPS) is 16.8. The quantitative estimate of drug-likeness (QED) is 0.871. The van der Waals surface area contributed by atoms with Crippen LogP contribution in [0.25, 0.3) is 0 Å². The minimum absolute atomic E-state index is 0.627. The van der Waals surface area contributed by atoms with Crippen LogP contribution in [-0.2, 0) is 6.54 Å². The van der Waals surface area contributed by atoms with Crippen molar-refractivity contribution in [3.63, 3.8) is 0 Å². The first-order chi connectivity index (χ1) is 9.31. The summed E-state index contributed by atoms with van der Waals surface area (Å²) in [5, 5.41) is 0. The second kappa shape index (κ2) is 5.86. The summed E-state index contributed by atoms with van der Waals surface area (Å²) in [7, 11) is 0. The maximum Gasteiger partial charge on any atom is 0.183 e. The monoisotopic (exact) mass is 294 g/mol. The third-order valence-corrected chi connectivity index (χ3v) is 4.35. The Morgan fingerprint density at radius 1 is 1.16 bits per heavy atom. The predicted octanol–water partition coefficient (Wildman–Crippen LogP) is 2.51. The summed E-state index contributed by atoms with van der Waals surface area (Å²) >= 11 is 7.42. The van der Waals surface area contributed by atoms with Gasteiger partial charge in [0, 0.05) is 50.0 Å². The average Bonchev–Trinajstić information content (AvgIpc) is 2.86. The van der Waals surface area contributed by atoms with Gasteiger partial charge in [0.1, 0.15) is 5.82 Å². The molecule has 1 aliphatic rings. The van der Waals surface area contributed by atoms with Crippen LogP contribution in [0, 0.1) is 0 Å². The summed E-state index contributed by atoms with van der Waals surface area (Å²) in [5.41, 5.74) is 0. The predicted molar refractivity (Wildman–Crippen MR) is 78.9 cm³/mol. The molecule has 0 bridgehead atoms. The van der Waals surface area contributed by atoms with Gasteiger partial charge in [-0.3, -0.25) is 4.90 Å². The van der Waals surface area contributed by atoms with Crippen molar-refractivity contribution >= 4 is 28.8 Å². The van der Waals surface area contributed by atoms with Crippen molar-refractivity contribution in [2.24, 2.45) is 0 Å². The first-order valence-electron chi connectivity index (χ1n) is 6.30. The number of halogens is 1. The number of nitrogens with zero attached hydrogens (tertiary/aromatic N) is 4. The molecule has 0 unspecified atom stereocenters. The number of anilines is 1. The molecule has 3 rings (SSSR count). The number of piperazine rings is 1. The van der Waals surface area contributed by atoms with Crippen molar-refractivity contribution in [2.45, 2.75) is 6.54 Å². The Morgan fingerprint density at radius 3 is 2.63 bits per heavy atom. The van der Waals surface area contributed by atoms with Gasteiger partial charge in [0.05, 0.1) is 0 Å². The van der Waals surface area contributed by atoms with Crippen LogP contribution in [0.4, 0.5) is 5.82 Å². The van der Waals surface area contributed by atoms with Crippen molar-refractivity contribution in [1.29, 1.82) is 0 Å². The number of pyridine rings is 1. The molecule has 2 aromatic heterocycles. The van der Waals surface area contributed by atoms with E-state index >= 15 is 0 Å². The minimum Gasteiger partial charge on any atom is -0.354 e. The number of aromatic nitrogens is 2. The number of hydrogen-bond acceptors (Lipinski definition) is 5. The maximum atomic E-state index is 5.85. The van der Waals surface area contributed by atoms with E-state index in [1.54, 1.807) is 11.3 Å². The van der Waals surface area contributed by atoms with Crippen LogP contribution in [0.5, 0.6) is 0 Å². The van der Waals surface area contributed by atoms with E-state index < -0.39 is 0 Å². The standard InChI is InChI=1S/C13H15ClN4S/c14-13-16-9-11(19-13)10-17-5-7-18(8-6-17)12-3-1-2-4-15-12/h1-4,9H,5-8,10H2. The molecule has 0 saturated carbocycles. The van der Waals surface area contributed by atoms with Gasteiger partial charge in [0.15, 0.2) is 4.47 Å². The lowest BCUT2D eigenvalue weighted by molar-refractivity contribution is 0.251. The summed E-state index contributed by atoms with van der Waals surface area (Å²) < 4.78 is 0.627. The lowest BCUT2D eigenvalue weighted by atomic mass is 10.3. The highest BCUT2D eigenvalue weighted by Gasteiger charge is 2.18. The average molecular weight is 295 g/mol. The molecule has 0 atom stereocenters. The molecule has 6 heteroatoms. The third-order valence-electron chi connectivity index (χ3n) is 3.25. The van der Waals surface area contributed by atoms with E-state index in [2.05, 4.69) is 25.8 Å². The summed E-state index contributed by atoms with van der Waals surface area (Å²) in [6.45, 7) is 5.08. The number of thiazole rings is 1. The summed E-state index contributed by atoms with van der Waals surface area (Å²) in [6, 6.07) is 6.06. The fraction of sp³-hybridized carbons (Fsp3) is 0.385. The molecule has 0 aromatic carbocycles. The fourth-order valence-electron chi connectivity index (χ4n) is 2.25. The Hall–Kier alpha value is -1.17. The summed E-state index contributed by atoms with van der Waals surface area (Å²) in [5.74, 6) is 1.07. The van der Waals surface area contributed by atoms with E-state index in [4.69, 9.17) is 11.6 Å². The van der Waals surface area contributed by atoms with E-state index in [1.807, 2.05) is 24.5 Å². The lowest BCUT2D eigenvalue weighted by Crippen LogP contribution is -2.46. The van der Waals surface area contributed by atoms with Crippen LogP contribution in [0.3, 0.4) is 0 Å². The largest absolute Gasteiger partial charge is 0.354 e. The third kappa shape index (κ3) is 3.23. The molecular formula is C13H15ClN4S. The zero-order valence-corrected chi connectivity index (χ0v) is 12.1. The second-order valence-corrected chi connectivity index (χ2v) is 6.23. The van der Waals surface area contributed by atoms with Gasteiger partial charge in [-0.1, -0.05) is 17.7 Å². The minimum atomic E-state index is 0.627. The summed E-state index contributed by atoms with van der Waals surface area (Å²) in [6.07, 6.45) is 3.72. The van der Waals surface area contributed by atoms with Gasteiger partial charge in [-0.15, -0.1) is 11.3 Å². The number of hydrogen-bond donors (Lipinski definition) is 0. The SMILES string of the molecule is Clc1ncc(CN2CCN(c3ccccn3)CC2)s1. The topological polar surface area (TPSA) is 32.3 Å². The van der Waals surface area contributed by atoms with Crippen molar-refractivity contribution in [3.05, 3.63) is 39.9 Å². The van der Waals surface area contributed by atoms with Crippen molar-refractivity contribution in [1.82, 2.24) is 14.9 Å². The van der Waals surface area contributed by atoms with Crippen molar-refractivity contribution in [2.75, 3.05) is 31.1 Å². The Morgan fingerprint density at radius 2 is 2.00 bits per heavy atom. The van der Waals surface area contributed by atoms with Crippen molar-refractivity contribution in [3.8, 4) is 0 Å². The van der Waals surface area contributed by atoms with E-state index in [9.17, 15) is 0 Å². The molecule has 4 nitrogen and oxygen atoms in total. The smallest absolute Gasteiger partial charge is 0.183 e. The van der Waals surface area contributed by atoms with Crippen molar-refractivity contribution < 1.29 is 0 Å². The van der Waals surface area contributed by atoms with E-state index in [1.165, 1.54) is 4.88 Å². The molecule has 0 aliphatic carbocycles. The molecule has 3 heterocycles. The van der Waals surface area contributed by atoms with Crippen LogP contribution >= 0.6 is 22.9 Å². The van der Waals surface area contributed by atoms with Gasteiger partial charge in [0.2, 0.25) is 0 Å². The fourth-order valence-corrected chi connectivity index (χ4v) is 3.27. The first kappa shape index (κ1) is 12.8. The van der Waals surface area contributed by atoms with Gasteiger partial charge >= 0.3 is 0 Å². The van der Waals surface area contributed by atoms with Gasteiger partial charge in [-0.2, -0.15) is 0 Å². The Kier molecular flexibility index (Phi) is 3.96. The van der Waals surface area contributed by atoms with Gasteiger partial charge in [-0.25, -0.2) is 9.97 Å². The van der Waals surface area contributed by atoms with E-state index in [0.717, 1.165) is 38.5 Å². The second-order valence-electron chi connectivity index (χ2n) is 4.53. The first-order valence-corrected chi connectivity index (χ1v) is 7.49. The zero-order valence-electron chi connectivity index (χ0n) is 10.5. The lowest BCUT2D eigenvalue weighted by Gasteiger charge is -2.35. The highest BCUT2D eigenvalue weighted by molar-refractivity contribution is 7.15. The molecule has 2 aromatic rings. The van der Waals surface area contributed by atoms with Crippen LogP contribution in [0.2, 0.25) is 4.47 Å². The number of rotatable bonds is 3. The molecule has 19 heavy (non-hydrogen) atoms. The molecule has 100 valence electrons. The molecular weight excluding hydrogens is 280 g/mol. The van der Waals surface area contributed by atoms with E-state index in [-0.39, 0.29) is 0 Å². The molecule has 1 aliphatic heterocycles. The molecule has 1 saturated heterocycles. The highest BCUT2D eigenvalue weighted by atomic mass is 35.5. The Balaban J connectivity index is 1.55. The molecule has 0 radical (unpaired) electrons. The van der Waals surface area contributed by atoms with E-state index in [0.29, 0.717) is 4.47 Å². The zero-order chi connectivity index (χ0) is 13.1. The highest BCUT2D eigenvalue weighted by Crippen LogP contribution is 2.20. The maximum absolute atomic E-state index is 5.85. The van der Waals surface area contributed by atoms with Gasteiger partial charge < -0.3 is 4.90 Å². The summed E-state index contributed by atoms with van der Waals surface area (Å²) in [4.78, 5) is 14.5.